The number of thioether (sulfide) groups is 1. The zero-order valence-electron chi connectivity index (χ0n) is 18.2. The lowest BCUT2D eigenvalue weighted by Gasteiger charge is -2.17. The molecule has 0 spiro atoms. The van der Waals surface area contributed by atoms with E-state index in [1.54, 1.807) is 43.9 Å². The first-order valence-electron chi connectivity index (χ1n) is 9.52. The van der Waals surface area contributed by atoms with Gasteiger partial charge in [-0.15, -0.1) is 11.8 Å². The summed E-state index contributed by atoms with van der Waals surface area (Å²) < 4.78 is 10.4. The lowest BCUT2D eigenvalue weighted by atomic mass is 10.1. The van der Waals surface area contributed by atoms with Crippen LogP contribution in [0.1, 0.15) is 17.3 Å². The van der Waals surface area contributed by atoms with Crippen molar-refractivity contribution >= 4 is 29.3 Å². The van der Waals surface area contributed by atoms with Gasteiger partial charge in [0, 0.05) is 23.9 Å². The first-order chi connectivity index (χ1) is 14.9. The normalized spacial score (nSPS) is 17.9. The average molecular weight is 442 g/mol. The van der Waals surface area contributed by atoms with Crippen molar-refractivity contribution in [1.29, 1.82) is 0 Å². The molecule has 1 N–H and O–H groups in total. The van der Waals surface area contributed by atoms with Crippen LogP contribution in [0.15, 0.2) is 70.7 Å². The van der Waals surface area contributed by atoms with Crippen molar-refractivity contribution in [2.75, 3.05) is 33.6 Å². The predicted octanol–water partition coefficient (Wildman–Crippen LogP) is 3.57. The van der Waals surface area contributed by atoms with E-state index in [-0.39, 0.29) is 12.5 Å². The van der Waals surface area contributed by atoms with Gasteiger partial charge in [0.25, 0.3) is 11.8 Å². The molecule has 1 aliphatic rings. The SMILES string of the molecule is C=C1/C=C\C=C/CS/C=C1/C(C)=N/NC(=O)CN(C)C(=O)c1ccc(OC)c(OC)c1. The van der Waals surface area contributed by atoms with Gasteiger partial charge in [0.15, 0.2) is 11.5 Å². The minimum Gasteiger partial charge on any atom is -0.493 e. The van der Waals surface area contributed by atoms with Gasteiger partial charge < -0.3 is 14.4 Å². The molecule has 2 amide bonds. The van der Waals surface area contributed by atoms with Gasteiger partial charge in [-0.2, -0.15) is 5.10 Å². The Kier molecular flexibility index (Phi) is 9.14. The molecular weight excluding hydrogens is 414 g/mol. The Morgan fingerprint density at radius 3 is 2.68 bits per heavy atom. The van der Waals surface area contributed by atoms with Crippen molar-refractivity contribution in [3.05, 3.63) is 71.2 Å². The van der Waals surface area contributed by atoms with Gasteiger partial charge in [0.1, 0.15) is 6.54 Å². The van der Waals surface area contributed by atoms with E-state index in [2.05, 4.69) is 17.1 Å². The van der Waals surface area contributed by atoms with Crippen molar-refractivity contribution in [2.24, 2.45) is 5.10 Å². The highest BCUT2D eigenvalue weighted by molar-refractivity contribution is 8.02. The van der Waals surface area contributed by atoms with Gasteiger partial charge in [0.05, 0.1) is 19.9 Å². The number of hydrogen-bond acceptors (Lipinski definition) is 6. The molecule has 7 nitrogen and oxygen atoms in total. The maximum absolute atomic E-state index is 12.7. The highest BCUT2D eigenvalue weighted by atomic mass is 32.2. The second kappa shape index (κ2) is 11.8. The van der Waals surface area contributed by atoms with Crippen LogP contribution in [0.25, 0.3) is 0 Å². The molecular formula is C23H27N3O4S. The number of ether oxygens (including phenoxy) is 2. The van der Waals surface area contributed by atoms with Crippen LogP contribution in [-0.4, -0.2) is 56.0 Å². The number of carbonyl (C=O) groups is 2. The van der Waals surface area contributed by atoms with Crippen LogP contribution in [0.2, 0.25) is 0 Å². The maximum Gasteiger partial charge on any atom is 0.259 e. The molecule has 0 aliphatic carbocycles. The molecule has 0 fully saturated rings. The van der Waals surface area contributed by atoms with Crippen LogP contribution < -0.4 is 14.9 Å². The number of hydrogen-bond donors (Lipinski definition) is 1. The number of amides is 2. The molecule has 164 valence electrons. The smallest absolute Gasteiger partial charge is 0.259 e. The Hall–Kier alpha value is -3.26. The van der Waals surface area contributed by atoms with Crippen LogP contribution in [0.5, 0.6) is 11.5 Å². The summed E-state index contributed by atoms with van der Waals surface area (Å²) in [6, 6.07) is 4.84. The van der Waals surface area contributed by atoms with Crippen LogP contribution in [0, 0.1) is 0 Å². The van der Waals surface area contributed by atoms with E-state index in [9.17, 15) is 9.59 Å². The summed E-state index contributed by atoms with van der Waals surface area (Å²) in [6.45, 7) is 5.70. The molecule has 0 radical (unpaired) electrons. The van der Waals surface area contributed by atoms with Gasteiger partial charge in [-0.3, -0.25) is 9.59 Å². The van der Waals surface area contributed by atoms with Crippen molar-refractivity contribution in [3.63, 3.8) is 0 Å². The number of allylic oxidation sites excluding steroid dienone is 5. The summed E-state index contributed by atoms with van der Waals surface area (Å²) in [5.74, 6) is 1.07. The molecule has 1 heterocycles. The fraction of sp³-hybridized carbons (Fsp3) is 0.261. The first-order valence-corrected chi connectivity index (χ1v) is 10.6. The third kappa shape index (κ3) is 6.89. The Bertz CT molecular complexity index is 964. The molecule has 0 unspecified atom stereocenters. The predicted molar refractivity (Wildman–Crippen MR) is 126 cm³/mol. The van der Waals surface area contributed by atoms with Gasteiger partial charge in [-0.05, 0) is 36.1 Å². The van der Waals surface area contributed by atoms with Gasteiger partial charge in [-0.1, -0.05) is 30.9 Å². The van der Waals surface area contributed by atoms with Gasteiger partial charge in [0.2, 0.25) is 0 Å². The fourth-order valence-corrected chi connectivity index (χ4v) is 3.50. The third-order valence-corrected chi connectivity index (χ3v) is 5.17. The number of carbonyl (C=O) groups excluding carboxylic acids is 2. The summed E-state index contributed by atoms with van der Waals surface area (Å²) in [6.07, 6.45) is 7.83. The largest absolute Gasteiger partial charge is 0.493 e. The second-order valence-corrected chi connectivity index (χ2v) is 7.54. The zero-order valence-corrected chi connectivity index (χ0v) is 19.0. The van der Waals surface area contributed by atoms with E-state index in [1.165, 1.54) is 19.1 Å². The van der Waals surface area contributed by atoms with Crippen LogP contribution in [0.4, 0.5) is 0 Å². The summed E-state index contributed by atoms with van der Waals surface area (Å²) in [5.41, 5.74) is 5.17. The lowest BCUT2D eigenvalue weighted by molar-refractivity contribution is -0.121. The van der Waals surface area contributed by atoms with E-state index < -0.39 is 5.91 Å². The summed E-state index contributed by atoms with van der Waals surface area (Å²) in [7, 11) is 4.57. The molecule has 2 rings (SSSR count). The quantitative estimate of drug-likeness (QED) is 0.517. The van der Waals surface area contributed by atoms with Gasteiger partial charge >= 0.3 is 0 Å². The standard InChI is InChI=1S/C23H27N3O4S/c1-16-9-7-6-8-12-31-15-19(16)17(2)24-25-22(27)14-26(3)23(28)18-10-11-20(29-4)21(13-18)30-5/h6-11,13,15H,1,12,14H2,2-5H3,(H,25,27)/b8-6-,9-7-,19-15+,24-17+. The van der Waals surface area contributed by atoms with Crippen LogP contribution in [0.3, 0.4) is 0 Å². The number of nitrogens with one attached hydrogen (secondary N) is 1. The summed E-state index contributed by atoms with van der Waals surface area (Å²) >= 11 is 1.62. The van der Waals surface area contributed by atoms with E-state index in [1.807, 2.05) is 29.7 Å². The molecule has 0 saturated heterocycles. The Morgan fingerprint density at radius 1 is 1.23 bits per heavy atom. The first kappa shape index (κ1) is 24.0. The highest BCUT2D eigenvalue weighted by Crippen LogP contribution is 2.28. The van der Waals surface area contributed by atoms with Crippen molar-refractivity contribution in [2.45, 2.75) is 6.92 Å². The summed E-state index contributed by atoms with van der Waals surface area (Å²) in [4.78, 5) is 26.3. The molecule has 1 aromatic rings. The number of methoxy groups -OCH3 is 2. The maximum atomic E-state index is 12.7. The topological polar surface area (TPSA) is 80.2 Å². The fourth-order valence-electron chi connectivity index (χ4n) is 2.69. The highest BCUT2D eigenvalue weighted by Gasteiger charge is 2.17. The Balaban J connectivity index is 2.01. The molecule has 0 atom stereocenters. The van der Waals surface area contributed by atoms with Crippen molar-refractivity contribution in [1.82, 2.24) is 10.3 Å². The molecule has 0 saturated carbocycles. The minimum atomic E-state index is -0.408. The second-order valence-electron chi connectivity index (χ2n) is 6.64. The van der Waals surface area contributed by atoms with E-state index in [0.717, 1.165) is 16.9 Å². The molecule has 0 bridgehead atoms. The van der Waals surface area contributed by atoms with Crippen LogP contribution in [-0.2, 0) is 4.79 Å². The van der Waals surface area contributed by atoms with E-state index in [4.69, 9.17) is 9.47 Å². The van der Waals surface area contributed by atoms with E-state index in [0.29, 0.717) is 22.8 Å². The Morgan fingerprint density at radius 2 is 1.97 bits per heavy atom. The number of benzene rings is 1. The molecule has 31 heavy (non-hydrogen) atoms. The van der Waals surface area contributed by atoms with E-state index >= 15 is 0 Å². The number of hydrazone groups is 1. The number of nitrogens with zero attached hydrogens (tertiary/aromatic N) is 2. The average Bonchev–Trinajstić information content (AvgIpc) is 2.88. The monoisotopic (exact) mass is 441 g/mol. The number of rotatable bonds is 7. The number of likely N-dealkylation sites (N-methyl/N-ethyl adjacent to an activating group) is 1. The lowest BCUT2D eigenvalue weighted by Crippen LogP contribution is -2.37. The molecule has 1 aliphatic heterocycles. The third-order valence-electron chi connectivity index (χ3n) is 4.38. The van der Waals surface area contributed by atoms with Crippen molar-refractivity contribution < 1.29 is 19.1 Å². The molecule has 1 aromatic carbocycles. The van der Waals surface area contributed by atoms with Crippen molar-refractivity contribution in [3.8, 4) is 11.5 Å². The van der Waals surface area contributed by atoms with Crippen LogP contribution >= 0.6 is 11.8 Å². The minimum absolute atomic E-state index is 0.150. The molecule has 8 heteroatoms. The Labute approximate surface area is 187 Å². The summed E-state index contributed by atoms with van der Waals surface area (Å²) in [5, 5.41) is 6.15. The zero-order chi connectivity index (χ0) is 22.8. The van der Waals surface area contributed by atoms with Gasteiger partial charge in [-0.25, -0.2) is 5.43 Å². The molecule has 0 aromatic heterocycles.